The fourth-order valence-electron chi connectivity index (χ4n) is 1.44. The van der Waals surface area contributed by atoms with Crippen molar-refractivity contribution in [2.45, 2.75) is 47.0 Å². The van der Waals surface area contributed by atoms with Crippen molar-refractivity contribution >= 4 is 0 Å². The highest BCUT2D eigenvalue weighted by molar-refractivity contribution is 5.11. The van der Waals surface area contributed by atoms with E-state index in [2.05, 4.69) is 27.7 Å². The molecular formula is C10H21N. The highest BCUT2D eigenvalue weighted by Gasteiger charge is 2.07. The van der Waals surface area contributed by atoms with Crippen LogP contribution in [0.1, 0.15) is 47.0 Å². The summed E-state index contributed by atoms with van der Waals surface area (Å²) in [5.41, 5.74) is 8.33. The van der Waals surface area contributed by atoms with Crippen LogP contribution in [0.15, 0.2) is 11.3 Å². The maximum Gasteiger partial charge on any atom is 0.00696 e. The molecule has 0 aliphatic carbocycles. The summed E-state index contributed by atoms with van der Waals surface area (Å²) in [5, 5.41) is 0. The second kappa shape index (κ2) is 5.22. The van der Waals surface area contributed by atoms with Crippen molar-refractivity contribution in [3.63, 3.8) is 0 Å². The molecule has 0 aromatic heterocycles. The predicted octanol–water partition coefficient (Wildman–Crippen LogP) is 3.07. The second-order valence-corrected chi connectivity index (χ2v) is 3.08. The first kappa shape index (κ1) is 10.5. The monoisotopic (exact) mass is 155 g/mol. The number of allylic oxidation sites excluding steroid dienone is 2. The fourth-order valence-corrected chi connectivity index (χ4v) is 1.44. The molecule has 0 amide bonds. The van der Waals surface area contributed by atoms with Crippen LogP contribution in [0, 0.1) is 5.92 Å². The van der Waals surface area contributed by atoms with Crippen LogP contribution in [-0.2, 0) is 0 Å². The molecule has 66 valence electrons. The summed E-state index contributed by atoms with van der Waals surface area (Å²) < 4.78 is 0. The quantitative estimate of drug-likeness (QED) is 0.663. The maximum atomic E-state index is 5.85. The summed E-state index contributed by atoms with van der Waals surface area (Å²) in [6.07, 6.45) is 3.41. The molecule has 0 aromatic carbocycles. The van der Waals surface area contributed by atoms with Gasteiger partial charge in [0, 0.05) is 5.70 Å². The zero-order valence-corrected chi connectivity index (χ0v) is 8.28. The van der Waals surface area contributed by atoms with Crippen molar-refractivity contribution in [3.05, 3.63) is 11.3 Å². The van der Waals surface area contributed by atoms with E-state index in [1.807, 2.05) is 0 Å². The Morgan fingerprint density at radius 1 is 1.18 bits per heavy atom. The van der Waals surface area contributed by atoms with E-state index in [0.29, 0.717) is 5.92 Å². The first-order valence-electron chi connectivity index (χ1n) is 4.62. The van der Waals surface area contributed by atoms with Crippen LogP contribution in [-0.4, -0.2) is 0 Å². The summed E-state index contributed by atoms with van der Waals surface area (Å²) in [6.45, 7) is 8.72. The van der Waals surface area contributed by atoms with E-state index in [1.165, 1.54) is 18.4 Å². The molecule has 0 aliphatic heterocycles. The summed E-state index contributed by atoms with van der Waals surface area (Å²) >= 11 is 0. The lowest BCUT2D eigenvalue weighted by Crippen LogP contribution is -2.07. The summed E-state index contributed by atoms with van der Waals surface area (Å²) in [4.78, 5) is 0. The van der Waals surface area contributed by atoms with Gasteiger partial charge in [-0.2, -0.15) is 0 Å². The van der Waals surface area contributed by atoms with Crippen molar-refractivity contribution in [2.75, 3.05) is 0 Å². The number of hydrogen-bond donors (Lipinski definition) is 1. The van der Waals surface area contributed by atoms with Gasteiger partial charge in [0.05, 0.1) is 0 Å². The Morgan fingerprint density at radius 3 is 1.91 bits per heavy atom. The number of hydrogen-bond acceptors (Lipinski definition) is 1. The van der Waals surface area contributed by atoms with Crippen LogP contribution < -0.4 is 5.73 Å². The topological polar surface area (TPSA) is 26.0 Å². The van der Waals surface area contributed by atoms with Gasteiger partial charge in [-0.15, -0.1) is 0 Å². The van der Waals surface area contributed by atoms with Gasteiger partial charge < -0.3 is 5.73 Å². The first-order chi connectivity index (χ1) is 5.17. The average Bonchev–Trinajstić information content (AvgIpc) is 2.05. The minimum Gasteiger partial charge on any atom is -0.402 e. The lowest BCUT2D eigenvalue weighted by atomic mass is 9.93. The molecule has 0 saturated heterocycles. The van der Waals surface area contributed by atoms with Crippen molar-refractivity contribution < 1.29 is 0 Å². The summed E-state index contributed by atoms with van der Waals surface area (Å²) in [5.74, 6) is 0.704. The van der Waals surface area contributed by atoms with Gasteiger partial charge in [-0.25, -0.2) is 0 Å². The largest absolute Gasteiger partial charge is 0.402 e. The minimum atomic E-state index is 0.704. The minimum absolute atomic E-state index is 0.704. The second-order valence-electron chi connectivity index (χ2n) is 3.08. The molecule has 0 heterocycles. The Bertz CT molecular complexity index is 132. The van der Waals surface area contributed by atoms with Crippen LogP contribution >= 0.6 is 0 Å². The van der Waals surface area contributed by atoms with Crippen molar-refractivity contribution in [3.8, 4) is 0 Å². The molecule has 0 spiro atoms. The predicted molar refractivity (Wildman–Crippen MR) is 51.3 cm³/mol. The van der Waals surface area contributed by atoms with Crippen LogP contribution in [0.25, 0.3) is 0 Å². The Kier molecular flexibility index (Phi) is 5.01. The maximum absolute atomic E-state index is 5.85. The third-order valence-corrected chi connectivity index (χ3v) is 2.49. The standard InChI is InChI=1S/C10H21N/c1-5-9(6-2)8(4)10(11)7-3/h9H,5-7,11H2,1-4H3/b10-8+. The zero-order chi connectivity index (χ0) is 8.85. The molecular weight excluding hydrogens is 134 g/mol. The molecule has 0 radical (unpaired) electrons. The molecule has 0 rings (SSSR count). The van der Waals surface area contributed by atoms with Crippen molar-refractivity contribution in [2.24, 2.45) is 11.7 Å². The molecule has 0 atom stereocenters. The molecule has 11 heavy (non-hydrogen) atoms. The Morgan fingerprint density at radius 2 is 1.64 bits per heavy atom. The van der Waals surface area contributed by atoms with Gasteiger partial charge in [-0.3, -0.25) is 0 Å². The molecule has 2 N–H and O–H groups in total. The van der Waals surface area contributed by atoms with Crippen LogP contribution in [0.5, 0.6) is 0 Å². The highest BCUT2D eigenvalue weighted by Crippen LogP contribution is 2.20. The molecule has 0 bridgehead atoms. The Labute approximate surface area is 70.7 Å². The third-order valence-electron chi connectivity index (χ3n) is 2.49. The molecule has 1 nitrogen and oxygen atoms in total. The van der Waals surface area contributed by atoms with Gasteiger partial charge >= 0.3 is 0 Å². The van der Waals surface area contributed by atoms with E-state index in [9.17, 15) is 0 Å². The lowest BCUT2D eigenvalue weighted by Gasteiger charge is -2.15. The van der Waals surface area contributed by atoms with Gasteiger partial charge in [-0.1, -0.05) is 26.3 Å². The van der Waals surface area contributed by atoms with E-state index in [4.69, 9.17) is 5.73 Å². The SMILES string of the molecule is CC/C(N)=C(/C)C(CC)CC. The molecule has 0 fully saturated rings. The third kappa shape index (κ3) is 2.96. The normalized spacial score (nSPS) is 13.5. The lowest BCUT2D eigenvalue weighted by molar-refractivity contribution is 0.563. The summed E-state index contributed by atoms with van der Waals surface area (Å²) in [7, 11) is 0. The smallest absolute Gasteiger partial charge is 0.00696 e. The molecule has 1 heteroatoms. The molecule has 0 aliphatic rings. The van der Waals surface area contributed by atoms with Gasteiger partial charge in [0.25, 0.3) is 0 Å². The zero-order valence-electron chi connectivity index (χ0n) is 8.28. The van der Waals surface area contributed by atoms with Crippen LogP contribution in [0.3, 0.4) is 0 Å². The van der Waals surface area contributed by atoms with Crippen LogP contribution in [0.2, 0.25) is 0 Å². The average molecular weight is 155 g/mol. The van der Waals surface area contributed by atoms with Gasteiger partial charge in [0.15, 0.2) is 0 Å². The van der Waals surface area contributed by atoms with E-state index >= 15 is 0 Å². The van der Waals surface area contributed by atoms with E-state index in [1.54, 1.807) is 0 Å². The van der Waals surface area contributed by atoms with Gasteiger partial charge in [0.2, 0.25) is 0 Å². The Hall–Kier alpha value is -0.460. The number of nitrogens with two attached hydrogens (primary N) is 1. The van der Waals surface area contributed by atoms with Gasteiger partial charge in [0.1, 0.15) is 0 Å². The first-order valence-corrected chi connectivity index (χ1v) is 4.62. The van der Waals surface area contributed by atoms with Crippen molar-refractivity contribution in [1.29, 1.82) is 0 Å². The Balaban J connectivity index is 4.28. The van der Waals surface area contributed by atoms with Crippen LogP contribution in [0.4, 0.5) is 0 Å². The molecule has 0 aromatic rings. The van der Waals surface area contributed by atoms with Gasteiger partial charge in [-0.05, 0) is 32.1 Å². The van der Waals surface area contributed by atoms with Crippen molar-refractivity contribution in [1.82, 2.24) is 0 Å². The molecule has 0 saturated carbocycles. The van der Waals surface area contributed by atoms with E-state index in [-0.39, 0.29) is 0 Å². The van der Waals surface area contributed by atoms with E-state index in [0.717, 1.165) is 12.1 Å². The molecule has 0 unspecified atom stereocenters. The highest BCUT2D eigenvalue weighted by atomic mass is 14.6. The number of rotatable bonds is 4. The fraction of sp³-hybridized carbons (Fsp3) is 0.800. The van der Waals surface area contributed by atoms with E-state index < -0.39 is 0 Å². The summed E-state index contributed by atoms with van der Waals surface area (Å²) in [6, 6.07) is 0.